The Labute approximate surface area is 214 Å². The van der Waals surface area contributed by atoms with E-state index in [2.05, 4.69) is 0 Å². The Hall–Kier alpha value is -3.06. The molecule has 0 aliphatic heterocycles. The number of carbonyl (C=O) groups is 2. The number of benzene rings is 2. The topological polar surface area (TPSA) is 113 Å². The van der Waals surface area contributed by atoms with E-state index in [1.807, 2.05) is 58.0 Å². The van der Waals surface area contributed by atoms with Gasteiger partial charge in [0.25, 0.3) is 0 Å². The fourth-order valence-electron chi connectivity index (χ4n) is 4.07. The Morgan fingerprint density at radius 3 is 1.89 bits per heavy atom. The van der Waals surface area contributed by atoms with Gasteiger partial charge < -0.3 is 24.8 Å². The molecule has 7 heteroatoms. The molecule has 0 atom stereocenters. The summed E-state index contributed by atoms with van der Waals surface area (Å²) >= 11 is 0. The molecular formula is C29H40O7. The number of aromatic carboxylic acids is 2. The van der Waals surface area contributed by atoms with Crippen LogP contribution in [0.4, 0.5) is 0 Å². The largest absolute Gasteiger partial charge is 0.493 e. The zero-order valence-corrected chi connectivity index (χ0v) is 21.9. The van der Waals surface area contributed by atoms with Crippen LogP contribution in [0.15, 0.2) is 42.5 Å². The molecule has 0 amide bonds. The van der Waals surface area contributed by atoms with E-state index in [9.17, 15) is 24.9 Å². The number of unbranched alkanes of at least 4 members (excludes halogenated alkanes) is 5. The van der Waals surface area contributed by atoms with Crippen molar-refractivity contribution in [2.45, 2.75) is 90.3 Å². The van der Waals surface area contributed by atoms with Gasteiger partial charge in [-0.2, -0.15) is 0 Å². The molecule has 0 fully saturated rings. The van der Waals surface area contributed by atoms with E-state index in [0.717, 1.165) is 50.5 Å². The molecule has 0 saturated carbocycles. The molecular weight excluding hydrogens is 460 g/mol. The van der Waals surface area contributed by atoms with E-state index in [4.69, 9.17) is 9.47 Å². The van der Waals surface area contributed by atoms with Crippen LogP contribution < -0.4 is 9.47 Å². The molecule has 0 heterocycles. The van der Waals surface area contributed by atoms with Crippen molar-refractivity contribution < 1.29 is 34.4 Å². The van der Waals surface area contributed by atoms with Crippen LogP contribution in [0.3, 0.4) is 0 Å². The van der Waals surface area contributed by atoms with Gasteiger partial charge in [0.2, 0.25) is 0 Å². The van der Waals surface area contributed by atoms with Crippen molar-refractivity contribution in [1.29, 1.82) is 0 Å². The molecule has 2 aromatic rings. The van der Waals surface area contributed by atoms with Gasteiger partial charge in [-0.25, -0.2) is 9.59 Å². The van der Waals surface area contributed by atoms with Crippen molar-refractivity contribution >= 4 is 11.9 Å². The summed E-state index contributed by atoms with van der Waals surface area (Å²) in [6, 6.07) is 12.2. The molecule has 0 aromatic heterocycles. The molecule has 36 heavy (non-hydrogen) atoms. The quantitative estimate of drug-likeness (QED) is 0.230. The van der Waals surface area contributed by atoms with Crippen molar-refractivity contribution in [3.05, 3.63) is 59.2 Å². The maximum Gasteiger partial charge on any atom is 0.339 e. The lowest BCUT2D eigenvalue weighted by atomic mass is 9.98. The van der Waals surface area contributed by atoms with E-state index >= 15 is 0 Å². The molecule has 3 N–H and O–H groups in total. The monoisotopic (exact) mass is 500 g/mol. The van der Waals surface area contributed by atoms with Crippen LogP contribution in [-0.2, 0) is 6.42 Å². The zero-order chi connectivity index (χ0) is 26.8. The second-order valence-corrected chi connectivity index (χ2v) is 10.5. The lowest BCUT2D eigenvalue weighted by Crippen LogP contribution is -2.31. The number of aliphatic hydroxyl groups is 1. The summed E-state index contributed by atoms with van der Waals surface area (Å²) in [6.45, 7) is 7.59. The standard InChI is InChI=1S/C29H40O7/c1-28(2,34)16-12-7-5-6-8-13-17-35-24-18-23(27(32)33)25(19-22(24)26(30)31)36-29(3,4)20-21-14-10-9-11-15-21/h9-11,14-15,18-19,34H,5-8,12-13,16-17,20H2,1-4H3,(H,30,31)(H,32,33). The molecule has 0 aliphatic carbocycles. The lowest BCUT2D eigenvalue weighted by Gasteiger charge is -2.28. The van der Waals surface area contributed by atoms with E-state index in [0.29, 0.717) is 13.0 Å². The van der Waals surface area contributed by atoms with E-state index < -0.39 is 23.1 Å². The van der Waals surface area contributed by atoms with Crippen molar-refractivity contribution in [2.75, 3.05) is 6.61 Å². The van der Waals surface area contributed by atoms with Crippen LogP contribution >= 0.6 is 0 Å². The van der Waals surface area contributed by atoms with Crippen LogP contribution in [0.5, 0.6) is 11.5 Å². The summed E-state index contributed by atoms with van der Waals surface area (Å²) in [7, 11) is 0. The summed E-state index contributed by atoms with van der Waals surface area (Å²) < 4.78 is 11.7. The van der Waals surface area contributed by atoms with Crippen LogP contribution in [0.1, 0.15) is 98.9 Å². The second kappa shape index (κ2) is 13.3. The number of hydrogen-bond acceptors (Lipinski definition) is 5. The van der Waals surface area contributed by atoms with Crippen LogP contribution in [0.25, 0.3) is 0 Å². The zero-order valence-electron chi connectivity index (χ0n) is 21.9. The van der Waals surface area contributed by atoms with Crippen LogP contribution in [0.2, 0.25) is 0 Å². The Morgan fingerprint density at radius 2 is 1.31 bits per heavy atom. The fourth-order valence-corrected chi connectivity index (χ4v) is 4.07. The van der Waals surface area contributed by atoms with Gasteiger partial charge in [0.15, 0.2) is 0 Å². The molecule has 198 valence electrons. The SMILES string of the molecule is CC(C)(O)CCCCCCCCOc1cc(C(=O)O)c(OC(C)(C)Cc2ccccc2)cc1C(=O)O. The van der Waals surface area contributed by atoms with Crippen LogP contribution in [-0.4, -0.2) is 45.1 Å². The smallest absolute Gasteiger partial charge is 0.339 e. The van der Waals surface area contributed by atoms with Crippen molar-refractivity contribution in [2.24, 2.45) is 0 Å². The summed E-state index contributed by atoms with van der Waals surface area (Å²) in [5.41, 5.74) is -0.630. The Kier molecular flexibility index (Phi) is 10.8. The third-order valence-electron chi connectivity index (χ3n) is 5.84. The highest BCUT2D eigenvalue weighted by molar-refractivity contribution is 5.97. The molecule has 0 radical (unpaired) electrons. The predicted octanol–water partition coefficient (Wildman–Crippen LogP) is 6.36. The van der Waals surface area contributed by atoms with E-state index in [-0.39, 0.29) is 22.6 Å². The number of rotatable bonds is 16. The number of hydrogen-bond donors (Lipinski definition) is 3. The maximum atomic E-state index is 12.0. The molecule has 0 saturated heterocycles. The van der Waals surface area contributed by atoms with Gasteiger partial charge in [0.05, 0.1) is 12.2 Å². The molecule has 2 rings (SSSR count). The summed E-state index contributed by atoms with van der Waals surface area (Å²) in [5, 5.41) is 29.2. The predicted molar refractivity (Wildman–Crippen MR) is 139 cm³/mol. The normalized spacial score (nSPS) is 11.8. The minimum Gasteiger partial charge on any atom is -0.493 e. The maximum absolute atomic E-state index is 12.0. The average molecular weight is 501 g/mol. The van der Waals surface area contributed by atoms with Gasteiger partial charge in [0, 0.05) is 6.42 Å². The van der Waals surface area contributed by atoms with Gasteiger partial charge in [-0.05, 0) is 58.2 Å². The Morgan fingerprint density at radius 1 is 0.778 bits per heavy atom. The highest BCUT2D eigenvalue weighted by Gasteiger charge is 2.27. The van der Waals surface area contributed by atoms with E-state index in [1.54, 1.807) is 0 Å². The molecule has 2 aromatic carbocycles. The third-order valence-corrected chi connectivity index (χ3v) is 5.84. The summed E-state index contributed by atoms with van der Waals surface area (Å²) in [6.07, 6.45) is 7.07. The lowest BCUT2D eigenvalue weighted by molar-refractivity contribution is 0.0654. The molecule has 0 aliphatic rings. The van der Waals surface area contributed by atoms with Crippen molar-refractivity contribution in [3.8, 4) is 11.5 Å². The second-order valence-electron chi connectivity index (χ2n) is 10.5. The number of ether oxygens (including phenoxy) is 2. The Balaban J connectivity index is 2.00. The first-order valence-corrected chi connectivity index (χ1v) is 12.6. The molecule has 0 unspecified atom stereocenters. The van der Waals surface area contributed by atoms with Crippen molar-refractivity contribution in [3.63, 3.8) is 0 Å². The van der Waals surface area contributed by atoms with Crippen LogP contribution in [0, 0.1) is 0 Å². The minimum atomic E-state index is -1.21. The van der Waals surface area contributed by atoms with Gasteiger partial charge in [0.1, 0.15) is 28.2 Å². The van der Waals surface area contributed by atoms with Gasteiger partial charge >= 0.3 is 11.9 Å². The number of carboxylic acid groups (broad SMARTS) is 2. The highest BCUT2D eigenvalue weighted by atomic mass is 16.5. The Bertz CT molecular complexity index is 991. The fraction of sp³-hybridized carbons (Fsp3) is 0.517. The first-order chi connectivity index (χ1) is 16.9. The number of carboxylic acids is 2. The molecule has 7 nitrogen and oxygen atoms in total. The first-order valence-electron chi connectivity index (χ1n) is 12.6. The molecule has 0 spiro atoms. The summed E-state index contributed by atoms with van der Waals surface area (Å²) in [4.78, 5) is 23.9. The first kappa shape index (κ1) is 29.2. The highest BCUT2D eigenvalue weighted by Crippen LogP contribution is 2.33. The van der Waals surface area contributed by atoms with E-state index in [1.165, 1.54) is 12.1 Å². The van der Waals surface area contributed by atoms with Gasteiger partial charge in [-0.3, -0.25) is 0 Å². The average Bonchev–Trinajstić information content (AvgIpc) is 2.77. The summed E-state index contributed by atoms with van der Waals surface area (Å²) in [5.74, 6) is -2.40. The van der Waals surface area contributed by atoms with Gasteiger partial charge in [-0.15, -0.1) is 0 Å². The van der Waals surface area contributed by atoms with Crippen molar-refractivity contribution in [1.82, 2.24) is 0 Å². The minimum absolute atomic E-state index is 0.000706. The van der Waals surface area contributed by atoms with Gasteiger partial charge in [-0.1, -0.05) is 62.4 Å². The molecule has 0 bridgehead atoms. The third kappa shape index (κ3) is 10.3.